The van der Waals surface area contributed by atoms with Crippen LogP contribution >= 0.6 is 0 Å². The second-order valence-corrected chi connectivity index (χ2v) is 7.56. The van der Waals surface area contributed by atoms with Gasteiger partial charge in [-0.05, 0) is 35.4 Å². The standard InChI is InChI=1S/C16H17F3N2O2S/c1-21(2)24(22,23)13-5-3-11(4-6-13)9-20-10-12-7-14(17)16(19)15(18)8-12/h3-8,20H,9-10H2,1-2H3. The average molecular weight is 358 g/mol. The topological polar surface area (TPSA) is 49.4 Å². The predicted octanol–water partition coefficient (Wildman–Crippen LogP) is 2.64. The van der Waals surface area contributed by atoms with E-state index >= 15 is 0 Å². The minimum absolute atomic E-state index is 0.145. The van der Waals surface area contributed by atoms with Crippen molar-refractivity contribution in [2.45, 2.75) is 18.0 Å². The molecule has 4 nitrogen and oxygen atoms in total. The van der Waals surface area contributed by atoms with Crippen LogP contribution in [0.5, 0.6) is 0 Å². The second-order valence-electron chi connectivity index (χ2n) is 5.41. The Labute approximate surface area is 139 Å². The summed E-state index contributed by atoms with van der Waals surface area (Å²) >= 11 is 0. The van der Waals surface area contributed by atoms with Gasteiger partial charge in [0.05, 0.1) is 4.90 Å². The fraction of sp³-hybridized carbons (Fsp3) is 0.250. The molecule has 0 fully saturated rings. The summed E-state index contributed by atoms with van der Waals surface area (Å²) in [6.07, 6.45) is 0. The van der Waals surface area contributed by atoms with Crippen LogP contribution in [-0.2, 0) is 23.1 Å². The molecular formula is C16H17F3N2O2S. The number of hydrogen-bond donors (Lipinski definition) is 1. The van der Waals surface area contributed by atoms with Crippen LogP contribution in [-0.4, -0.2) is 26.8 Å². The van der Waals surface area contributed by atoms with Crippen LogP contribution in [0.3, 0.4) is 0 Å². The van der Waals surface area contributed by atoms with Crippen LogP contribution in [0.25, 0.3) is 0 Å². The highest BCUT2D eigenvalue weighted by Gasteiger charge is 2.16. The maximum Gasteiger partial charge on any atom is 0.242 e. The molecule has 0 bridgehead atoms. The summed E-state index contributed by atoms with van der Waals surface area (Å²) in [7, 11) is -0.576. The third-order valence-corrected chi connectivity index (χ3v) is 5.23. The molecule has 2 aromatic carbocycles. The van der Waals surface area contributed by atoms with Crippen molar-refractivity contribution in [3.63, 3.8) is 0 Å². The maximum atomic E-state index is 13.1. The highest BCUT2D eigenvalue weighted by atomic mass is 32.2. The van der Waals surface area contributed by atoms with Gasteiger partial charge >= 0.3 is 0 Å². The number of benzene rings is 2. The van der Waals surface area contributed by atoms with E-state index in [0.29, 0.717) is 6.54 Å². The Morgan fingerprint density at radius 3 is 1.92 bits per heavy atom. The maximum absolute atomic E-state index is 13.1. The van der Waals surface area contributed by atoms with E-state index in [1.54, 1.807) is 12.1 Å². The van der Waals surface area contributed by atoms with Crippen LogP contribution in [0, 0.1) is 17.5 Å². The van der Waals surface area contributed by atoms with Gasteiger partial charge in [0, 0.05) is 27.2 Å². The van der Waals surface area contributed by atoms with Gasteiger partial charge < -0.3 is 5.32 Å². The van der Waals surface area contributed by atoms with Gasteiger partial charge in [0.15, 0.2) is 17.5 Å². The second kappa shape index (κ2) is 7.33. The van der Waals surface area contributed by atoms with E-state index in [1.165, 1.54) is 26.2 Å². The van der Waals surface area contributed by atoms with Crippen molar-refractivity contribution in [3.8, 4) is 0 Å². The molecular weight excluding hydrogens is 341 g/mol. The van der Waals surface area contributed by atoms with Crippen LogP contribution in [0.4, 0.5) is 13.2 Å². The van der Waals surface area contributed by atoms with E-state index in [-0.39, 0.29) is 17.0 Å². The highest BCUT2D eigenvalue weighted by molar-refractivity contribution is 7.89. The first-order chi connectivity index (χ1) is 11.2. The summed E-state index contributed by atoms with van der Waals surface area (Å²) in [4.78, 5) is 0.180. The minimum atomic E-state index is -3.48. The Morgan fingerprint density at radius 1 is 0.917 bits per heavy atom. The Kier molecular flexibility index (Phi) is 5.63. The summed E-state index contributed by atoms with van der Waals surface area (Å²) in [5, 5.41) is 2.96. The fourth-order valence-corrected chi connectivity index (χ4v) is 2.95. The van der Waals surface area contributed by atoms with Crippen molar-refractivity contribution < 1.29 is 21.6 Å². The molecule has 0 atom stereocenters. The van der Waals surface area contributed by atoms with Crippen molar-refractivity contribution in [2.75, 3.05) is 14.1 Å². The molecule has 0 aliphatic heterocycles. The van der Waals surface area contributed by atoms with Crippen molar-refractivity contribution >= 4 is 10.0 Å². The third-order valence-electron chi connectivity index (χ3n) is 3.40. The molecule has 0 unspecified atom stereocenters. The summed E-state index contributed by atoms with van der Waals surface area (Å²) in [5.41, 5.74) is 1.08. The minimum Gasteiger partial charge on any atom is -0.309 e. The quantitative estimate of drug-likeness (QED) is 0.808. The van der Waals surface area contributed by atoms with E-state index in [1.807, 2.05) is 0 Å². The zero-order valence-electron chi connectivity index (χ0n) is 13.2. The van der Waals surface area contributed by atoms with Crippen LogP contribution < -0.4 is 5.32 Å². The van der Waals surface area contributed by atoms with Gasteiger partial charge in [-0.1, -0.05) is 12.1 Å². The number of rotatable bonds is 6. The molecule has 0 amide bonds. The van der Waals surface area contributed by atoms with Gasteiger partial charge in [-0.2, -0.15) is 0 Å². The van der Waals surface area contributed by atoms with Crippen molar-refractivity contribution in [1.29, 1.82) is 0 Å². The van der Waals surface area contributed by atoms with E-state index in [2.05, 4.69) is 5.32 Å². The molecule has 0 aliphatic rings. The summed E-state index contributed by atoms with van der Waals surface area (Å²) in [6, 6.07) is 8.13. The van der Waals surface area contributed by atoms with E-state index in [0.717, 1.165) is 22.0 Å². The molecule has 1 N–H and O–H groups in total. The molecule has 2 rings (SSSR count). The van der Waals surface area contributed by atoms with Gasteiger partial charge in [0.2, 0.25) is 10.0 Å². The Balaban J connectivity index is 1.98. The monoisotopic (exact) mass is 358 g/mol. The SMILES string of the molecule is CN(C)S(=O)(=O)c1ccc(CNCc2cc(F)c(F)c(F)c2)cc1. The van der Waals surface area contributed by atoms with Gasteiger partial charge in [-0.15, -0.1) is 0 Å². The first-order valence-corrected chi connectivity index (χ1v) is 8.51. The first-order valence-electron chi connectivity index (χ1n) is 7.07. The lowest BCUT2D eigenvalue weighted by Gasteiger charge is -2.12. The van der Waals surface area contributed by atoms with Crippen LogP contribution in [0.2, 0.25) is 0 Å². The Bertz CT molecular complexity index is 799. The van der Waals surface area contributed by atoms with Gasteiger partial charge in [0.25, 0.3) is 0 Å². The highest BCUT2D eigenvalue weighted by Crippen LogP contribution is 2.15. The zero-order valence-corrected chi connectivity index (χ0v) is 14.0. The molecule has 130 valence electrons. The lowest BCUT2D eigenvalue weighted by molar-refractivity contribution is 0.444. The molecule has 0 spiro atoms. The molecule has 0 radical (unpaired) electrons. The predicted molar refractivity (Wildman–Crippen MR) is 84.2 cm³/mol. The lowest BCUT2D eigenvalue weighted by Crippen LogP contribution is -2.22. The molecule has 0 saturated carbocycles. The molecule has 0 aliphatic carbocycles. The molecule has 2 aromatic rings. The van der Waals surface area contributed by atoms with E-state index < -0.39 is 27.5 Å². The first kappa shape index (κ1) is 18.4. The zero-order chi connectivity index (χ0) is 17.9. The summed E-state index contributed by atoms with van der Waals surface area (Å²) in [6.45, 7) is 0.509. The number of halogens is 3. The third kappa shape index (κ3) is 4.14. The Morgan fingerprint density at radius 2 is 1.42 bits per heavy atom. The van der Waals surface area contributed by atoms with E-state index in [4.69, 9.17) is 0 Å². The van der Waals surface area contributed by atoms with Gasteiger partial charge in [0.1, 0.15) is 0 Å². The van der Waals surface area contributed by atoms with Crippen molar-refractivity contribution in [1.82, 2.24) is 9.62 Å². The number of nitrogens with one attached hydrogen (secondary N) is 1. The molecule has 0 saturated heterocycles. The van der Waals surface area contributed by atoms with Crippen LogP contribution in [0.1, 0.15) is 11.1 Å². The molecule has 0 heterocycles. The molecule has 24 heavy (non-hydrogen) atoms. The number of hydrogen-bond acceptors (Lipinski definition) is 3. The average Bonchev–Trinajstić information content (AvgIpc) is 2.53. The molecule has 8 heteroatoms. The number of nitrogens with zero attached hydrogens (tertiary/aromatic N) is 1. The largest absolute Gasteiger partial charge is 0.309 e. The Hall–Kier alpha value is -1.90. The van der Waals surface area contributed by atoms with Crippen LogP contribution in [0.15, 0.2) is 41.3 Å². The molecule has 0 aromatic heterocycles. The van der Waals surface area contributed by atoms with Gasteiger partial charge in [-0.3, -0.25) is 0 Å². The van der Waals surface area contributed by atoms with Crippen molar-refractivity contribution in [2.24, 2.45) is 0 Å². The normalized spacial score (nSPS) is 11.9. The lowest BCUT2D eigenvalue weighted by atomic mass is 10.2. The fourth-order valence-electron chi connectivity index (χ4n) is 2.05. The smallest absolute Gasteiger partial charge is 0.242 e. The van der Waals surface area contributed by atoms with Crippen molar-refractivity contribution in [3.05, 3.63) is 65.0 Å². The summed E-state index contributed by atoms with van der Waals surface area (Å²) < 4.78 is 64.1. The van der Waals surface area contributed by atoms with E-state index in [9.17, 15) is 21.6 Å². The number of sulfonamides is 1. The summed E-state index contributed by atoms with van der Waals surface area (Å²) in [5.74, 6) is -3.95. The van der Waals surface area contributed by atoms with Gasteiger partial charge in [-0.25, -0.2) is 25.9 Å².